The van der Waals surface area contributed by atoms with E-state index in [1.165, 1.54) is 0 Å². The molecule has 0 saturated heterocycles. The first-order valence-electron chi connectivity index (χ1n) is 8.37. The van der Waals surface area contributed by atoms with Crippen LogP contribution in [0.15, 0.2) is 59.0 Å². The minimum atomic E-state index is -0.197. The Morgan fingerprint density at radius 1 is 1.15 bits per heavy atom. The second-order valence-electron chi connectivity index (χ2n) is 6.21. The molecule has 4 aromatic rings. The van der Waals surface area contributed by atoms with E-state index in [2.05, 4.69) is 20.4 Å². The van der Waals surface area contributed by atoms with E-state index in [9.17, 15) is 4.79 Å². The number of amides is 1. The summed E-state index contributed by atoms with van der Waals surface area (Å²) >= 11 is 1.57. The Morgan fingerprint density at radius 3 is 2.63 bits per heavy atom. The molecule has 4 rings (SSSR count). The van der Waals surface area contributed by atoms with Crippen molar-refractivity contribution in [2.45, 2.75) is 17.0 Å². The molecule has 1 aromatic carbocycles. The summed E-state index contributed by atoms with van der Waals surface area (Å²) in [6.45, 7) is 1.91. The van der Waals surface area contributed by atoms with Crippen LogP contribution in [0, 0.1) is 6.92 Å². The summed E-state index contributed by atoms with van der Waals surface area (Å²) in [5.41, 5.74) is 2.85. The molecule has 0 aliphatic rings. The molecule has 0 bridgehead atoms. The van der Waals surface area contributed by atoms with Crippen molar-refractivity contribution in [1.82, 2.24) is 24.3 Å². The summed E-state index contributed by atoms with van der Waals surface area (Å²) in [4.78, 5) is 22.3. The summed E-state index contributed by atoms with van der Waals surface area (Å²) < 4.78 is 3.67. The Labute approximate surface area is 160 Å². The lowest BCUT2D eigenvalue weighted by Crippen LogP contribution is -2.12. The van der Waals surface area contributed by atoms with Crippen molar-refractivity contribution in [1.29, 1.82) is 0 Å². The summed E-state index contributed by atoms with van der Waals surface area (Å²) in [7, 11) is 3.80. The lowest BCUT2D eigenvalue weighted by Gasteiger charge is -2.07. The molecule has 1 amide bonds. The molecule has 3 aromatic heterocycles. The number of carbonyl (C=O) groups excluding carboxylic acids is 1. The number of fused-ring (bicyclic) bond motifs is 1. The predicted octanol–water partition coefficient (Wildman–Crippen LogP) is 3.41. The van der Waals surface area contributed by atoms with Gasteiger partial charge in [-0.3, -0.25) is 9.48 Å². The van der Waals surface area contributed by atoms with Crippen molar-refractivity contribution in [2.24, 2.45) is 14.1 Å². The zero-order valence-electron chi connectivity index (χ0n) is 15.2. The number of hydrogen-bond acceptors (Lipinski definition) is 5. The first-order valence-corrected chi connectivity index (χ1v) is 9.19. The topological polar surface area (TPSA) is 77.6 Å². The fourth-order valence-electron chi connectivity index (χ4n) is 2.80. The third-order valence-corrected chi connectivity index (χ3v) is 5.31. The predicted molar refractivity (Wildman–Crippen MR) is 105 cm³/mol. The summed E-state index contributed by atoms with van der Waals surface area (Å²) in [5, 5.41) is 9.04. The Balaban J connectivity index is 1.49. The van der Waals surface area contributed by atoms with Crippen LogP contribution < -0.4 is 5.32 Å². The molecule has 27 heavy (non-hydrogen) atoms. The number of aromatic nitrogens is 5. The standard InChI is InChI=1S/C19H18N6OS/c1-12-16-10-13(11-21-17(16)25(3)23-12)18(26)22-14-4-6-15(7-5-14)27-19-20-8-9-24(19)2/h4-11H,1-3H3,(H,22,26). The van der Waals surface area contributed by atoms with Gasteiger partial charge in [0.25, 0.3) is 5.91 Å². The highest BCUT2D eigenvalue weighted by molar-refractivity contribution is 7.99. The second kappa shape index (κ2) is 6.88. The number of carbonyl (C=O) groups is 1. The van der Waals surface area contributed by atoms with Gasteiger partial charge in [0, 0.05) is 48.7 Å². The molecular weight excluding hydrogens is 360 g/mol. The van der Waals surface area contributed by atoms with Gasteiger partial charge >= 0.3 is 0 Å². The SMILES string of the molecule is Cc1nn(C)c2ncc(C(=O)Nc3ccc(Sc4nccn4C)cc3)cc12. The summed E-state index contributed by atoms with van der Waals surface area (Å²) in [5.74, 6) is -0.197. The number of pyridine rings is 1. The first kappa shape index (κ1) is 17.3. The average molecular weight is 378 g/mol. The van der Waals surface area contributed by atoms with Gasteiger partial charge in [-0.2, -0.15) is 5.10 Å². The third kappa shape index (κ3) is 3.43. The fraction of sp³-hybridized carbons (Fsp3) is 0.158. The van der Waals surface area contributed by atoms with Crippen LogP contribution in [-0.2, 0) is 14.1 Å². The average Bonchev–Trinajstić information content (AvgIpc) is 3.19. The van der Waals surface area contributed by atoms with Crippen molar-refractivity contribution >= 4 is 34.4 Å². The van der Waals surface area contributed by atoms with Crippen molar-refractivity contribution in [2.75, 3.05) is 5.32 Å². The van der Waals surface area contributed by atoms with Crippen molar-refractivity contribution < 1.29 is 4.79 Å². The molecule has 0 aliphatic carbocycles. The van der Waals surface area contributed by atoms with Crippen LogP contribution in [0.1, 0.15) is 16.1 Å². The number of hydrogen-bond donors (Lipinski definition) is 1. The van der Waals surface area contributed by atoms with Crippen LogP contribution in [0.2, 0.25) is 0 Å². The maximum atomic E-state index is 12.6. The number of imidazole rings is 1. The van der Waals surface area contributed by atoms with Crippen LogP contribution in [0.3, 0.4) is 0 Å². The van der Waals surface area contributed by atoms with E-state index in [4.69, 9.17) is 0 Å². The molecule has 0 unspecified atom stereocenters. The van der Waals surface area contributed by atoms with Gasteiger partial charge in [0.05, 0.1) is 11.3 Å². The second-order valence-corrected chi connectivity index (χ2v) is 7.25. The van der Waals surface area contributed by atoms with Crippen LogP contribution in [0.5, 0.6) is 0 Å². The van der Waals surface area contributed by atoms with Gasteiger partial charge in [-0.05, 0) is 37.3 Å². The monoisotopic (exact) mass is 378 g/mol. The van der Waals surface area contributed by atoms with E-state index >= 15 is 0 Å². The van der Waals surface area contributed by atoms with Crippen LogP contribution in [0.4, 0.5) is 5.69 Å². The van der Waals surface area contributed by atoms with Gasteiger partial charge in [-0.25, -0.2) is 9.97 Å². The number of anilines is 1. The van der Waals surface area contributed by atoms with Crippen molar-refractivity contribution in [3.63, 3.8) is 0 Å². The first-order chi connectivity index (χ1) is 13.0. The highest BCUT2D eigenvalue weighted by Crippen LogP contribution is 2.27. The number of aryl methyl sites for hydroxylation is 3. The molecule has 3 heterocycles. The highest BCUT2D eigenvalue weighted by atomic mass is 32.2. The lowest BCUT2D eigenvalue weighted by atomic mass is 10.2. The van der Waals surface area contributed by atoms with Gasteiger partial charge in [-0.15, -0.1) is 0 Å². The highest BCUT2D eigenvalue weighted by Gasteiger charge is 2.12. The number of nitrogens with zero attached hydrogens (tertiary/aromatic N) is 5. The molecule has 0 radical (unpaired) electrons. The summed E-state index contributed by atoms with van der Waals surface area (Å²) in [6, 6.07) is 9.50. The Morgan fingerprint density at radius 2 is 1.93 bits per heavy atom. The van der Waals surface area contributed by atoms with Crippen molar-refractivity contribution in [3.05, 3.63) is 60.2 Å². The molecule has 8 heteroatoms. The minimum Gasteiger partial charge on any atom is -0.329 e. The fourth-order valence-corrected chi connectivity index (χ4v) is 3.60. The van der Waals surface area contributed by atoms with Gasteiger partial charge in [-0.1, -0.05) is 11.8 Å². The minimum absolute atomic E-state index is 0.197. The van der Waals surface area contributed by atoms with Gasteiger partial charge in [0.2, 0.25) is 0 Å². The number of benzene rings is 1. The smallest absolute Gasteiger partial charge is 0.257 e. The van der Waals surface area contributed by atoms with Gasteiger partial charge in [0.15, 0.2) is 10.8 Å². The molecule has 0 atom stereocenters. The van der Waals surface area contributed by atoms with Crippen LogP contribution >= 0.6 is 11.8 Å². The maximum absolute atomic E-state index is 12.6. The van der Waals surface area contributed by atoms with Crippen LogP contribution in [-0.4, -0.2) is 30.2 Å². The quantitative estimate of drug-likeness (QED) is 0.589. The van der Waals surface area contributed by atoms with E-state index in [1.54, 1.807) is 28.8 Å². The molecule has 7 nitrogen and oxygen atoms in total. The third-order valence-electron chi connectivity index (χ3n) is 4.22. The van der Waals surface area contributed by atoms with E-state index < -0.39 is 0 Å². The van der Waals surface area contributed by atoms with E-state index in [0.29, 0.717) is 5.56 Å². The summed E-state index contributed by atoms with van der Waals surface area (Å²) in [6.07, 6.45) is 5.25. The van der Waals surface area contributed by atoms with Crippen LogP contribution in [0.25, 0.3) is 11.0 Å². The lowest BCUT2D eigenvalue weighted by molar-refractivity contribution is 0.102. The number of rotatable bonds is 4. The van der Waals surface area contributed by atoms with E-state index in [1.807, 2.05) is 62.1 Å². The molecule has 0 spiro atoms. The number of nitrogens with one attached hydrogen (secondary N) is 1. The van der Waals surface area contributed by atoms with Gasteiger partial charge in [0.1, 0.15) is 0 Å². The maximum Gasteiger partial charge on any atom is 0.257 e. The van der Waals surface area contributed by atoms with Crippen molar-refractivity contribution in [3.8, 4) is 0 Å². The Bertz CT molecular complexity index is 1130. The van der Waals surface area contributed by atoms with Gasteiger partial charge < -0.3 is 9.88 Å². The Kier molecular flexibility index (Phi) is 4.41. The normalized spacial score (nSPS) is 11.1. The largest absolute Gasteiger partial charge is 0.329 e. The van der Waals surface area contributed by atoms with E-state index in [0.717, 1.165) is 32.5 Å². The zero-order chi connectivity index (χ0) is 19.0. The molecule has 0 aliphatic heterocycles. The zero-order valence-corrected chi connectivity index (χ0v) is 16.0. The molecule has 136 valence electrons. The molecular formula is C19H18N6OS. The molecule has 0 saturated carbocycles. The van der Waals surface area contributed by atoms with E-state index in [-0.39, 0.29) is 5.91 Å². The molecule has 0 fully saturated rings. The molecule has 1 N–H and O–H groups in total. The Hall–Kier alpha value is -3.13.